The van der Waals surface area contributed by atoms with Gasteiger partial charge < -0.3 is 8.94 Å². The molecule has 0 fully saturated rings. The van der Waals surface area contributed by atoms with Crippen molar-refractivity contribution in [2.45, 2.75) is 18.6 Å². The smallest absolute Gasteiger partial charge is 0.217 e. The van der Waals surface area contributed by atoms with Crippen LogP contribution < -0.4 is 4.72 Å². The van der Waals surface area contributed by atoms with E-state index in [1.807, 2.05) is 31.2 Å². The van der Waals surface area contributed by atoms with Gasteiger partial charge in [-0.2, -0.15) is 0 Å². The molecule has 0 spiro atoms. The number of nitrogens with one attached hydrogen (secondary N) is 1. The van der Waals surface area contributed by atoms with Crippen molar-refractivity contribution >= 4 is 21.1 Å². The average molecular weight is 321 g/mol. The van der Waals surface area contributed by atoms with E-state index in [0.29, 0.717) is 17.2 Å². The zero-order valence-electron chi connectivity index (χ0n) is 11.9. The third-order valence-electron chi connectivity index (χ3n) is 3.17. The number of benzene rings is 1. The van der Waals surface area contributed by atoms with Gasteiger partial charge in [0.05, 0.1) is 5.69 Å². The summed E-state index contributed by atoms with van der Waals surface area (Å²) in [4.78, 5) is 4.36. The molecule has 0 amide bonds. The molecule has 0 aliphatic rings. The van der Waals surface area contributed by atoms with Crippen molar-refractivity contribution in [2.24, 2.45) is 0 Å². The van der Waals surface area contributed by atoms with Crippen molar-refractivity contribution in [3.8, 4) is 0 Å². The van der Waals surface area contributed by atoms with Crippen LogP contribution in [0.3, 0.4) is 0 Å². The Morgan fingerprint density at radius 1 is 1.27 bits per heavy atom. The molecule has 3 aromatic rings. The van der Waals surface area contributed by atoms with Crippen LogP contribution in [0.5, 0.6) is 0 Å². The predicted octanol–water partition coefficient (Wildman–Crippen LogP) is 2.04. The van der Waals surface area contributed by atoms with Gasteiger partial charge in [0.25, 0.3) is 0 Å². The fourth-order valence-electron chi connectivity index (χ4n) is 2.00. The highest BCUT2D eigenvalue weighted by Gasteiger charge is 2.18. The molecule has 1 N–H and O–H groups in total. The third kappa shape index (κ3) is 3.34. The molecule has 7 nitrogen and oxygen atoms in total. The molecule has 0 saturated carbocycles. The first-order valence-corrected chi connectivity index (χ1v) is 8.41. The molecule has 0 unspecified atom stereocenters. The Kier molecular flexibility index (Phi) is 3.95. The van der Waals surface area contributed by atoms with Crippen molar-refractivity contribution in [1.82, 2.24) is 14.9 Å². The maximum atomic E-state index is 12.0. The van der Waals surface area contributed by atoms with Crippen LogP contribution in [0.1, 0.15) is 24.4 Å². The standard InChI is InChI=1S/C14H15N3O4S/c1-10(14-16-12-4-2-3-5-13(12)21-14)8-15-22(18,19)9-11-6-7-20-17-11/h2-7,10,15H,8-9H2,1H3/t10-/m1/s1. The molecular formula is C14H15N3O4S. The fourth-order valence-corrected chi connectivity index (χ4v) is 3.14. The molecule has 22 heavy (non-hydrogen) atoms. The molecule has 0 radical (unpaired) electrons. The highest BCUT2D eigenvalue weighted by Crippen LogP contribution is 2.20. The lowest BCUT2D eigenvalue weighted by atomic mass is 10.2. The summed E-state index contributed by atoms with van der Waals surface area (Å²) in [6, 6.07) is 8.93. The van der Waals surface area contributed by atoms with Crippen LogP contribution in [0, 0.1) is 0 Å². The van der Waals surface area contributed by atoms with Crippen LogP contribution in [-0.2, 0) is 15.8 Å². The van der Waals surface area contributed by atoms with Crippen LogP contribution in [-0.4, -0.2) is 25.1 Å². The van der Waals surface area contributed by atoms with E-state index < -0.39 is 10.0 Å². The summed E-state index contributed by atoms with van der Waals surface area (Å²) in [6.07, 6.45) is 1.34. The molecule has 1 aromatic carbocycles. The highest BCUT2D eigenvalue weighted by atomic mass is 32.2. The number of para-hydroxylation sites is 2. The SMILES string of the molecule is C[C@H](CNS(=O)(=O)Cc1ccon1)c1nc2ccccc2o1. The zero-order chi connectivity index (χ0) is 15.6. The van der Waals surface area contributed by atoms with E-state index in [2.05, 4.69) is 19.4 Å². The first-order valence-electron chi connectivity index (χ1n) is 6.75. The normalized spacial score (nSPS) is 13.5. The second-order valence-electron chi connectivity index (χ2n) is 5.02. The van der Waals surface area contributed by atoms with Gasteiger partial charge in [0.2, 0.25) is 10.0 Å². The Balaban J connectivity index is 1.65. The van der Waals surface area contributed by atoms with E-state index in [1.165, 1.54) is 12.3 Å². The van der Waals surface area contributed by atoms with Crippen LogP contribution in [0.15, 0.2) is 45.5 Å². The lowest BCUT2D eigenvalue weighted by Gasteiger charge is -2.09. The van der Waals surface area contributed by atoms with Gasteiger partial charge in [-0.05, 0) is 12.1 Å². The van der Waals surface area contributed by atoms with Gasteiger partial charge in [-0.3, -0.25) is 0 Å². The minimum atomic E-state index is -3.48. The molecule has 2 aromatic heterocycles. The Bertz CT molecular complexity index is 822. The summed E-state index contributed by atoms with van der Waals surface area (Å²) in [7, 11) is -3.48. The van der Waals surface area contributed by atoms with Crippen molar-refractivity contribution in [2.75, 3.05) is 6.54 Å². The van der Waals surface area contributed by atoms with E-state index in [-0.39, 0.29) is 18.2 Å². The largest absolute Gasteiger partial charge is 0.440 e. The Labute approximate surface area is 127 Å². The summed E-state index contributed by atoms with van der Waals surface area (Å²) in [5.74, 6) is 0.105. The predicted molar refractivity (Wildman–Crippen MR) is 79.6 cm³/mol. The molecule has 2 heterocycles. The van der Waals surface area contributed by atoms with Crippen LogP contribution in [0.2, 0.25) is 0 Å². The number of rotatable bonds is 6. The number of oxazole rings is 1. The van der Waals surface area contributed by atoms with Gasteiger partial charge in [0.15, 0.2) is 11.5 Å². The highest BCUT2D eigenvalue weighted by molar-refractivity contribution is 7.88. The van der Waals surface area contributed by atoms with Crippen LogP contribution in [0.4, 0.5) is 0 Å². The van der Waals surface area contributed by atoms with Crippen LogP contribution >= 0.6 is 0 Å². The van der Waals surface area contributed by atoms with Crippen molar-refractivity contribution in [3.05, 3.63) is 48.2 Å². The topological polar surface area (TPSA) is 98.2 Å². The minimum absolute atomic E-state index is 0.181. The monoisotopic (exact) mass is 321 g/mol. The Morgan fingerprint density at radius 3 is 2.82 bits per heavy atom. The molecular weight excluding hydrogens is 306 g/mol. The minimum Gasteiger partial charge on any atom is -0.440 e. The number of hydrogen-bond acceptors (Lipinski definition) is 6. The summed E-state index contributed by atoms with van der Waals surface area (Å²) < 4.78 is 36.7. The van der Waals surface area contributed by atoms with Crippen LogP contribution in [0.25, 0.3) is 11.1 Å². The Morgan fingerprint density at radius 2 is 2.09 bits per heavy atom. The van der Waals surface area contributed by atoms with E-state index in [4.69, 9.17) is 4.42 Å². The maximum absolute atomic E-state index is 12.0. The van der Waals surface area contributed by atoms with Crippen molar-refractivity contribution < 1.29 is 17.4 Å². The number of sulfonamides is 1. The summed E-state index contributed by atoms with van der Waals surface area (Å²) in [5, 5.41) is 3.59. The van der Waals surface area contributed by atoms with Crippen molar-refractivity contribution in [3.63, 3.8) is 0 Å². The molecule has 0 aliphatic carbocycles. The van der Waals surface area contributed by atoms with E-state index in [9.17, 15) is 8.42 Å². The first kappa shape index (κ1) is 14.7. The number of aromatic nitrogens is 2. The lowest BCUT2D eigenvalue weighted by Crippen LogP contribution is -2.29. The lowest BCUT2D eigenvalue weighted by molar-refractivity contribution is 0.413. The first-order chi connectivity index (χ1) is 10.5. The van der Waals surface area contributed by atoms with E-state index in [1.54, 1.807) is 0 Å². The zero-order valence-corrected chi connectivity index (χ0v) is 12.7. The summed E-state index contributed by atoms with van der Waals surface area (Å²) in [6.45, 7) is 2.05. The van der Waals surface area contributed by atoms with Crippen molar-refractivity contribution in [1.29, 1.82) is 0 Å². The molecule has 3 rings (SSSR count). The molecule has 0 saturated heterocycles. The van der Waals surface area contributed by atoms with Gasteiger partial charge in [0, 0.05) is 18.5 Å². The number of hydrogen-bond donors (Lipinski definition) is 1. The van der Waals surface area contributed by atoms with Gasteiger partial charge in [-0.1, -0.05) is 24.2 Å². The molecule has 0 bridgehead atoms. The molecule has 116 valence electrons. The maximum Gasteiger partial charge on any atom is 0.217 e. The fraction of sp³-hybridized carbons (Fsp3) is 0.286. The third-order valence-corrected chi connectivity index (χ3v) is 4.45. The summed E-state index contributed by atoms with van der Waals surface area (Å²) >= 11 is 0. The molecule has 0 aliphatic heterocycles. The van der Waals surface area contributed by atoms with Gasteiger partial charge >= 0.3 is 0 Å². The second-order valence-corrected chi connectivity index (χ2v) is 6.83. The van der Waals surface area contributed by atoms with Gasteiger partial charge in [0.1, 0.15) is 17.5 Å². The second kappa shape index (κ2) is 5.90. The number of nitrogens with zero attached hydrogens (tertiary/aromatic N) is 2. The average Bonchev–Trinajstić information content (AvgIpc) is 3.13. The van der Waals surface area contributed by atoms with Gasteiger partial charge in [-0.25, -0.2) is 18.1 Å². The molecule has 8 heteroatoms. The van der Waals surface area contributed by atoms with Gasteiger partial charge in [-0.15, -0.1) is 0 Å². The number of fused-ring (bicyclic) bond motifs is 1. The van der Waals surface area contributed by atoms with E-state index in [0.717, 1.165) is 5.52 Å². The Hall–Kier alpha value is -2.19. The summed E-state index contributed by atoms with van der Waals surface area (Å²) in [5.41, 5.74) is 1.81. The quantitative estimate of drug-likeness (QED) is 0.746. The van der Waals surface area contributed by atoms with E-state index >= 15 is 0 Å². The molecule has 1 atom stereocenters.